The van der Waals surface area contributed by atoms with E-state index in [0.717, 1.165) is 23.1 Å². The summed E-state index contributed by atoms with van der Waals surface area (Å²) >= 11 is 0. The molecule has 0 aliphatic heterocycles. The number of aromatic carboxylic acids is 1. The van der Waals surface area contributed by atoms with Gasteiger partial charge in [-0.1, -0.05) is 45.2 Å². The molecule has 0 heterocycles. The largest absolute Gasteiger partial charge is 0.493 e. The molecule has 1 unspecified atom stereocenters. The molecule has 22 heavy (non-hydrogen) atoms. The van der Waals surface area contributed by atoms with Crippen LogP contribution in [0.4, 0.5) is 0 Å². The van der Waals surface area contributed by atoms with Gasteiger partial charge in [0.25, 0.3) is 0 Å². The Morgan fingerprint density at radius 3 is 2.59 bits per heavy atom. The van der Waals surface area contributed by atoms with Gasteiger partial charge in [-0.15, -0.1) is 0 Å². The summed E-state index contributed by atoms with van der Waals surface area (Å²) < 4.78 is 5.87. The van der Waals surface area contributed by atoms with Crippen LogP contribution in [0.5, 0.6) is 5.75 Å². The number of rotatable bonds is 8. The summed E-state index contributed by atoms with van der Waals surface area (Å²) in [6, 6.07) is 10.9. The van der Waals surface area contributed by atoms with Gasteiger partial charge in [0.1, 0.15) is 5.75 Å². The Labute approximate surface area is 131 Å². The molecule has 2 aromatic rings. The lowest BCUT2D eigenvalue weighted by molar-refractivity contribution is 0.0697. The molecule has 0 aromatic heterocycles. The monoisotopic (exact) mass is 300 g/mol. The minimum Gasteiger partial charge on any atom is -0.493 e. The predicted octanol–water partition coefficient (Wildman–Crippen LogP) is 5.13. The second-order valence-corrected chi connectivity index (χ2v) is 5.94. The highest BCUT2D eigenvalue weighted by molar-refractivity contribution is 5.94. The SMILES string of the molecule is CCCCCC(C)COc1ccc2cc(C(=O)O)ccc2c1. The summed E-state index contributed by atoms with van der Waals surface area (Å²) in [6.07, 6.45) is 4.99. The van der Waals surface area contributed by atoms with E-state index in [9.17, 15) is 4.79 Å². The minimum atomic E-state index is -0.900. The van der Waals surface area contributed by atoms with Gasteiger partial charge in [-0.05, 0) is 47.4 Å². The van der Waals surface area contributed by atoms with Crippen LogP contribution in [0.3, 0.4) is 0 Å². The average molecular weight is 300 g/mol. The topological polar surface area (TPSA) is 46.5 Å². The van der Waals surface area contributed by atoms with Crippen molar-refractivity contribution in [3.05, 3.63) is 42.0 Å². The van der Waals surface area contributed by atoms with Crippen molar-refractivity contribution in [2.45, 2.75) is 39.5 Å². The highest BCUT2D eigenvalue weighted by atomic mass is 16.5. The fourth-order valence-corrected chi connectivity index (χ4v) is 2.51. The summed E-state index contributed by atoms with van der Waals surface area (Å²) in [5.41, 5.74) is 0.311. The third-order valence-electron chi connectivity index (χ3n) is 3.89. The summed E-state index contributed by atoms with van der Waals surface area (Å²) in [6.45, 7) is 5.16. The molecule has 2 aromatic carbocycles. The molecule has 2 rings (SSSR count). The van der Waals surface area contributed by atoms with Crippen molar-refractivity contribution in [2.75, 3.05) is 6.61 Å². The summed E-state index contributed by atoms with van der Waals surface area (Å²) in [5.74, 6) is 0.498. The van der Waals surface area contributed by atoms with Gasteiger partial charge in [-0.2, -0.15) is 0 Å². The number of ether oxygens (including phenoxy) is 1. The number of carbonyl (C=O) groups is 1. The van der Waals surface area contributed by atoms with E-state index in [4.69, 9.17) is 9.84 Å². The third kappa shape index (κ3) is 4.48. The van der Waals surface area contributed by atoms with E-state index in [1.807, 2.05) is 24.3 Å². The number of benzene rings is 2. The van der Waals surface area contributed by atoms with Crippen LogP contribution in [0.15, 0.2) is 36.4 Å². The highest BCUT2D eigenvalue weighted by Gasteiger charge is 2.06. The molecule has 0 radical (unpaired) electrons. The lowest BCUT2D eigenvalue weighted by Gasteiger charge is -2.13. The Balaban J connectivity index is 1.98. The Hall–Kier alpha value is -2.03. The number of hydrogen-bond acceptors (Lipinski definition) is 2. The van der Waals surface area contributed by atoms with Gasteiger partial charge in [0, 0.05) is 0 Å². The molecule has 0 aliphatic rings. The Morgan fingerprint density at radius 2 is 1.86 bits per heavy atom. The normalized spacial score (nSPS) is 12.3. The van der Waals surface area contributed by atoms with Gasteiger partial charge in [0.2, 0.25) is 0 Å². The van der Waals surface area contributed by atoms with E-state index in [-0.39, 0.29) is 0 Å². The maximum Gasteiger partial charge on any atom is 0.335 e. The van der Waals surface area contributed by atoms with Crippen molar-refractivity contribution in [3.8, 4) is 5.75 Å². The van der Waals surface area contributed by atoms with E-state index in [2.05, 4.69) is 13.8 Å². The van der Waals surface area contributed by atoms with Gasteiger partial charge in [0.15, 0.2) is 0 Å². The zero-order valence-electron chi connectivity index (χ0n) is 13.3. The van der Waals surface area contributed by atoms with Crippen LogP contribution < -0.4 is 4.74 Å². The lowest BCUT2D eigenvalue weighted by Crippen LogP contribution is -2.08. The molecule has 118 valence electrons. The van der Waals surface area contributed by atoms with Crippen LogP contribution in [0.1, 0.15) is 49.9 Å². The molecule has 0 amide bonds. The van der Waals surface area contributed by atoms with Crippen LogP contribution in [0.25, 0.3) is 10.8 Å². The third-order valence-corrected chi connectivity index (χ3v) is 3.89. The van der Waals surface area contributed by atoms with Crippen molar-refractivity contribution in [3.63, 3.8) is 0 Å². The molecule has 1 atom stereocenters. The van der Waals surface area contributed by atoms with Crippen LogP contribution in [0.2, 0.25) is 0 Å². The first-order valence-corrected chi connectivity index (χ1v) is 8.00. The van der Waals surface area contributed by atoms with Crippen molar-refractivity contribution >= 4 is 16.7 Å². The fraction of sp³-hybridized carbons (Fsp3) is 0.421. The molecule has 1 N–H and O–H groups in total. The maximum atomic E-state index is 11.0. The lowest BCUT2D eigenvalue weighted by atomic mass is 10.0. The fourth-order valence-electron chi connectivity index (χ4n) is 2.51. The zero-order chi connectivity index (χ0) is 15.9. The molecule has 0 saturated heterocycles. The van der Waals surface area contributed by atoms with Crippen LogP contribution in [0, 0.1) is 5.92 Å². The molecule has 0 aliphatic carbocycles. The predicted molar refractivity (Wildman–Crippen MR) is 89.7 cm³/mol. The van der Waals surface area contributed by atoms with E-state index >= 15 is 0 Å². The van der Waals surface area contributed by atoms with Gasteiger partial charge in [-0.25, -0.2) is 4.79 Å². The van der Waals surface area contributed by atoms with Crippen molar-refractivity contribution < 1.29 is 14.6 Å². The van der Waals surface area contributed by atoms with E-state index in [1.54, 1.807) is 12.1 Å². The van der Waals surface area contributed by atoms with Crippen molar-refractivity contribution in [1.82, 2.24) is 0 Å². The van der Waals surface area contributed by atoms with Crippen LogP contribution in [-0.2, 0) is 0 Å². The van der Waals surface area contributed by atoms with E-state index in [0.29, 0.717) is 11.5 Å². The maximum absolute atomic E-state index is 11.0. The van der Waals surface area contributed by atoms with Gasteiger partial charge >= 0.3 is 5.97 Å². The van der Waals surface area contributed by atoms with Crippen LogP contribution >= 0.6 is 0 Å². The first kappa shape index (κ1) is 16.3. The van der Waals surface area contributed by atoms with E-state index in [1.165, 1.54) is 25.7 Å². The number of unbranched alkanes of at least 4 members (excludes halogenated alkanes) is 2. The van der Waals surface area contributed by atoms with Crippen molar-refractivity contribution in [2.24, 2.45) is 5.92 Å². The molecule has 3 heteroatoms. The summed E-state index contributed by atoms with van der Waals surface area (Å²) in [4.78, 5) is 11.0. The second kappa shape index (κ2) is 7.83. The quantitative estimate of drug-likeness (QED) is 0.687. The van der Waals surface area contributed by atoms with Gasteiger partial charge in [0.05, 0.1) is 12.2 Å². The van der Waals surface area contributed by atoms with Crippen molar-refractivity contribution in [1.29, 1.82) is 0 Å². The van der Waals surface area contributed by atoms with Gasteiger partial charge < -0.3 is 9.84 Å². The molecule has 0 bridgehead atoms. The molecule has 0 fully saturated rings. The Morgan fingerprint density at radius 1 is 1.14 bits per heavy atom. The standard InChI is InChI=1S/C19H24O3/c1-3-4-5-6-14(2)13-22-18-10-9-15-11-17(19(20)21)8-7-16(15)12-18/h7-12,14H,3-6,13H2,1-2H3,(H,20,21). The highest BCUT2D eigenvalue weighted by Crippen LogP contribution is 2.23. The molecule has 0 saturated carbocycles. The number of carboxylic acids is 1. The number of carboxylic acid groups (broad SMARTS) is 1. The van der Waals surface area contributed by atoms with Crippen LogP contribution in [-0.4, -0.2) is 17.7 Å². The minimum absolute atomic E-state index is 0.311. The summed E-state index contributed by atoms with van der Waals surface area (Å²) in [5, 5.41) is 10.9. The first-order chi connectivity index (χ1) is 10.6. The Bertz CT molecular complexity index is 634. The number of hydrogen-bond donors (Lipinski definition) is 1. The molecular weight excluding hydrogens is 276 g/mol. The van der Waals surface area contributed by atoms with E-state index < -0.39 is 5.97 Å². The molecule has 3 nitrogen and oxygen atoms in total. The Kier molecular flexibility index (Phi) is 5.82. The molecule has 0 spiro atoms. The van der Waals surface area contributed by atoms with Gasteiger partial charge in [-0.3, -0.25) is 0 Å². The smallest absolute Gasteiger partial charge is 0.335 e. The average Bonchev–Trinajstić information content (AvgIpc) is 2.52. The second-order valence-electron chi connectivity index (χ2n) is 5.94. The number of fused-ring (bicyclic) bond motifs is 1. The zero-order valence-corrected chi connectivity index (χ0v) is 13.3. The molecular formula is C19H24O3. The first-order valence-electron chi connectivity index (χ1n) is 8.00. The summed E-state index contributed by atoms with van der Waals surface area (Å²) in [7, 11) is 0.